The van der Waals surface area contributed by atoms with E-state index in [-0.39, 0.29) is 0 Å². The summed E-state index contributed by atoms with van der Waals surface area (Å²) in [6.45, 7) is 6.10. The Morgan fingerprint density at radius 3 is 2.03 bits per heavy atom. The Bertz CT molecular complexity index is 1490. The fourth-order valence-electron chi connectivity index (χ4n) is 4.23. The lowest BCUT2D eigenvalue weighted by molar-refractivity contribution is 0.0737. The van der Waals surface area contributed by atoms with Crippen LogP contribution >= 0.6 is 0 Å². The summed E-state index contributed by atoms with van der Waals surface area (Å²) in [5, 5.41) is 0.805. The average molecular weight is 444 g/mol. The van der Waals surface area contributed by atoms with Crippen molar-refractivity contribution in [2.75, 3.05) is 0 Å². The van der Waals surface area contributed by atoms with E-state index in [0.29, 0.717) is 11.3 Å². The second-order valence-electron chi connectivity index (χ2n) is 8.68. The molecule has 0 amide bonds. The van der Waals surface area contributed by atoms with Crippen LogP contribution in [-0.4, -0.2) is 11.0 Å². The fourth-order valence-corrected chi connectivity index (χ4v) is 4.23. The van der Waals surface area contributed by atoms with Crippen LogP contribution in [0.1, 0.15) is 27.0 Å². The monoisotopic (exact) mass is 443 g/mol. The standard InChI is InChI=1S/C31H25NO2/c1-20-9-11-25(12-10-20)29-19-28(27-18-21(2)17-22(3)30(27)32-29)31(33)34-26-15-13-24(14-16-26)23-7-5-4-6-8-23/h4-19H,1-3H3. The second kappa shape index (κ2) is 8.95. The van der Waals surface area contributed by atoms with Gasteiger partial charge in [0.1, 0.15) is 5.75 Å². The van der Waals surface area contributed by atoms with E-state index in [0.717, 1.165) is 44.4 Å². The predicted molar refractivity (Wildman–Crippen MR) is 138 cm³/mol. The molecule has 1 heterocycles. The SMILES string of the molecule is Cc1ccc(-c2cc(C(=O)Oc3ccc(-c4ccccc4)cc3)c3cc(C)cc(C)c3n2)cc1. The van der Waals surface area contributed by atoms with Crippen LogP contribution in [0.2, 0.25) is 0 Å². The number of hydrogen-bond donors (Lipinski definition) is 0. The highest BCUT2D eigenvalue weighted by Crippen LogP contribution is 2.29. The third-order valence-electron chi connectivity index (χ3n) is 5.99. The third kappa shape index (κ3) is 4.33. The molecule has 3 nitrogen and oxygen atoms in total. The first-order chi connectivity index (χ1) is 16.5. The largest absolute Gasteiger partial charge is 0.423 e. The van der Waals surface area contributed by atoms with Crippen molar-refractivity contribution in [3.8, 4) is 28.1 Å². The summed E-state index contributed by atoms with van der Waals surface area (Å²) in [6, 6.07) is 31.8. The molecular formula is C31H25NO2. The van der Waals surface area contributed by atoms with E-state index >= 15 is 0 Å². The number of pyridine rings is 1. The zero-order valence-corrected chi connectivity index (χ0v) is 19.5. The Labute approximate surface area is 199 Å². The van der Waals surface area contributed by atoms with Crippen LogP contribution in [0.4, 0.5) is 0 Å². The lowest BCUT2D eigenvalue weighted by Gasteiger charge is -2.13. The van der Waals surface area contributed by atoms with Gasteiger partial charge < -0.3 is 4.74 Å². The van der Waals surface area contributed by atoms with Crippen LogP contribution in [0, 0.1) is 20.8 Å². The molecule has 0 radical (unpaired) electrons. The molecule has 0 fully saturated rings. The summed E-state index contributed by atoms with van der Waals surface area (Å²) in [4.78, 5) is 18.3. The minimum Gasteiger partial charge on any atom is -0.423 e. The maximum absolute atomic E-state index is 13.4. The van der Waals surface area contributed by atoms with Crippen LogP contribution in [0.25, 0.3) is 33.3 Å². The molecular weight excluding hydrogens is 418 g/mol. The lowest BCUT2D eigenvalue weighted by Crippen LogP contribution is -2.10. The first-order valence-electron chi connectivity index (χ1n) is 11.3. The maximum atomic E-state index is 13.4. The van der Waals surface area contributed by atoms with E-state index in [4.69, 9.17) is 9.72 Å². The molecule has 3 heteroatoms. The number of carbonyl (C=O) groups is 1. The van der Waals surface area contributed by atoms with E-state index in [9.17, 15) is 4.79 Å². The van der Waals surface area contributed by atoms with E-state index in [2.05, 4.69) is 37.3 Å². The van der Waals surface area contributed by atoms with Gasteiger partial charge >= 0.3 is 5.97 Å². The molecule has 0 unspecified atom stereocenters. The molecule has 0 aliphatic heterocycles. The van der Waals surface area contributed by atoms with Crippen molar-refractivity contribution in [1.82, 2.24) is 4.98 Å². The van der Waals surface area contributed by atoms with Gasteiger partial charge in [0.15, 0.2) is 0 Å². The Morgan fingerprint density at radius 2 is 1.32 bits per heavy atom. The van der Waals surface area contributed by atoms with Crippen molar-refractivity contribution < 1.29 is 9.53 Å². The number of benzene rings is 4. The summed E-state index contributed by atoms with van der Waals surface area (Å²) < 4.78 is 5.82. The normalized spacial score (nSPS) is 10.9. The molecule has 0 atom stereocenters. The summed E-state index contributed by atoms with van der Waals surface area (Å²) in [7, 11) is 0. The summed E-state index contributed by atoms with van der Waals surface area (Å²) in [6.07, 6.45) is 0. The molecule has 0 aliphatic carbocycles. The number of fused-ring (bicyclic) bond motifs is 1. The Balaban J connectivity index is 1.54. The van der Waals surface area contributed by atoms with Gasteiger partial charge in [0.25, 0.3) is 0 Å². The molecule has 0 saturated heterocycles. The number of carbonyl (C=O) groups excluding carboxylic acids is 1. The lowest BCUT2D eigenvalue weighted by atomic mass is 9.99. The van der Waals surface area contributed by atoms with Crippen LogP contribution in [-0.2, 0) is 0 Å². The van der Waals surface area contributed by atoms with Gasteiger partial charge in [-0.3, -0.25) is 0 Å². The molecule has 34 heavy (non-hydrogen) atoms. The van der Waals surface area contributed by atoms with Gasteiger partial charge in [0.2, 0.25) is 0 Å². The molecule has 4 aromatic carbocycles. The van der Waals surface area contributed by atoms with Gasteiger partial charge in [-0.2, -0.15) is 0 Å². The molecule has 5 aromatic rings. The van der Waals surface area contributed by atoms with Gasteiger partial charge in [0.05, 0.1) is 16.8 Å². The molecule has 166 valence electrons. The van der Waals surface area contributed by atoms with Crippen LogP contribution in [0.5, 0.6) is 5.75 Å². The van der Waals surface area contributed by atoms with Gasteiger partial charge in [-0.05, 0) is 61.7 Å². The van der Waals surface area contributed by atoms with E-state index in [1.54, 1.807) is 0 Å². The number of esters is 1. The first kappa shape index (κ1) is 21.6. The summed E-state index contributed by atoms with van der Waals surface area (Å²) in [5.74, 6) is 0.120. The zero-order chi connectivity index (χ0) is 23.7. The number of aryl methyl sites for hydroxylation is 3. The molecule has 5 rings (SSSR count). The Hall–Kier alpha value is -4.24. The predicted octanol–water partition coefficient (Wildman–Crippen LogP) is 7.71. The van der Waals surface area contributed by atoms with E-state index in [1.807, 2.05) is 80.6 Å². The maximum Gasteiger partial charge on any atom is 0.344 e. The number of aromatic nitrogens is 1. The smallest absolute Gasteiger partial charge is 0.344 e. The fraction of sp³-hybridized carbons (Fsp3) is 0.0968. The Kier molecular flexibility index (Phi) is 5.69. The van der Waals surface area contributed by atoms with Crippen molar-refractivity contribution in [2.24, 2.45) is 0 Å². The number of rotatable bonds is 4. The number of nitrogens with zero attached hydrogens (tertiary/aromatic N) is 1. The molecule has 1 aromatic heterocycles. The van der Waals surface area contributed by atoms with Crippen molar-refractivity contribution >= 4 is 16.9 Å². The Morgan fingerprint density at radius 1 is 0.676 bits per heavy atom. The number of hydrogen-bond acceptors (Lipinski definition) is 3. The minimum atomic E-state index is -0.391. The highest BCUT2D eigenvalue weighted by Gasteiger charge is 2.18. The van der Waals surface area contributed by atoms with Gasteiger partial charge in [0, 0.05) is 10.9 Å². The van der Waals surface area contributed by atoms with Gasteiger partial charge in [-0.1, -0.05) is 83.9 Å². The second-order valence-corrected chi connectivity index (χ2v) is 8.68. The third-order valence-corrected chi connectivity index (χ3v) is 5.99. The van der Waals surface area contributed by atoms with Crippen molar-refractivity contribution in [1.29, 1.82) is 0 Å². The topological polar surface area (TPSA) is 39.2 Å². The van der Waals surface area contributed by atoms with Crippen LogP contribution in [0.3, 0.4) is 0 Å². The highest BCUT2D eigenvalue weighted by atomic mass is 16.5. The van der Waals surface area contributed by atoms with Crippen LogP contribution in [0.15, 0.2) is 97.1 Å². The first-order valence-corrected chi connectivity index (χ1v) is 11.3. The molecule has 0 aliphatic rings. The molecule has 0 N–H and O–H groups in total. The molecule has 0 spiro atoms. The van der Waals surface area contributed by atoms with E-state index < -0.39 is 5.97 Å². The molecule has 0 saturated carbocycles. The zero-order valence-electron chi connectivity index (χ0n) is 19.5. The molecule has 0 bridgehead atoms. The van der Waals surface area contributed by atoms with E-state index in [1.165, 1.54) is 5.56 Å². The minimum absolute atomic E-state index is 0.391. The quantitative estimate of drug-likeness (QED) is 0.211. The van der Waals surface area contributed by atoms with Crippen molar-refractivity contribution in [3.05, 3.63) is 119 Å². The average Bonchev–Trinajstić information content (AvgIpc) is 2.85. The van der Waals surface area contributed by atoms with Crippen LogP contribution < -0.4 is 4.74 Å². The summed E-state index contributed by atoms with van der Waals surface area (Å²) in [5.41, 5.74) is 8.53. The van der Waals surface area contributed by atoms with Gasteiger partial charge in [-0.25, -0.2) is 9.78 Å². The number of ether oxygens (including phenoxy) is 1. The van der Waals surface area contributed by atoms with Gasteiger partial charge in [-0.15, -0.1) is 0 Å². The highest BCUT2D eigenvalue weighted by molar-refractivity contribution is 6.06. The van der Waals surface area contributed by atoms with Crippen molar-refractivity contribution in [3.63, 3.8) is 0 Å². The summed E-state index contributed by atoms with van der Waals surface area (Å²) >= 11 is 0. The van der Waals surface area contributed by atoms with Crippen molar-refractivity contribution in [2.45, 2.75) is 20.8 Å².